The first-order valence-corrected chi connectivity index (χ1v) is 9.77. The number of hydrogen-bond donors (Lipinski definition) is 0. The molecular formula is C25H23NO5. The molecule has 0 N–H and O–H groups in total. The molecule has 31 heavy (non-hydrogen) atoms. The smallest absolute Gasteiger partial charge is 0.338 e. The number of likely N-dealkylation sites (N-methyl/N-ethyl adjacent to an activating group) is 1. The lowest BCUT2D eigenvalue weighted by Gasteiger charge is -2.21. The molecule has 0 unspecified atom stereocenters. The van der Waals surface area contributed by atoms with Crippen LogP contribution in [0.4, 0.5) is 5.69 Å². The minimum Gasteiger partial charge on any atom is -0.449 e. The summed E-state index contributed by atoms with van der Waals surface area (Å²) in [7, 11) is 1.64. The van der Waals surface area contributed by atoms with Crippen molar-refractivity contribution in [2.24, 2.45) is 0 Å². The molecule has 0 saturated carbocycles. The molecule has 0 aromatic heterocycles. The fraction of sp³-hybridized carbons (Fsp3) is 0.160. The molecule has 1 amide bonds. The largest absolute Gasteiger partial charge is 0.449 e. The van der Waals surface area contributed by atoms with Crippen LogP contribution in [-0.2, 0) is 14.3 Å². The molecule has 3 aromatic carbocycles. The molecule has 6 nitrogen and oxygen atoms in total. The lowest BCUT2D eigenvalue weighted by molar-refractivity contribution is -0.131. The highest BCUT2D eigenvalue weighted by atomic mass is 16.5. The van der Waals surface area contributed by atoms with Gasteiger partial charge in [0, 0.05) is 19.7 Å². The Hall–Kier alpha value is -3.93. The standard InChI is InChI=1S/C25H23NO5/c1-17(24(28)26(3)22-7-5-4-6-8-22)30-25(29)21-11-9-19(10-12-21)20-13-15-23(16-14-20)31-18(2)27/h4-17H,1-3H3/t17-/m1/s1. The Morgan fingerprint density at radius 3 is 1.90 bits per heavy atom. The van der Waals surface area contributed by atoms with Gasteiger partial charge in [-0.25, -0.2) is 4.79 Å². The topological polar surface area (TPSA) is 72.9 Å². The maximum Gasteiger partial charge on any atom is 0.338 e. The highest BCUT2D eigenvalue weighted by Gasteiger charge is 2.23. The zero-order valence-corrected chi connectivity index (χ0v) is 17.6. The molecule has 0 aliphatic rings. The second-order valence-electron chi connectivity index (χ2n) is 6.98. The Balaban J connectivity index is 1.63. The van der Waals surface area contributed by atoms with Crippen molar-refractivity contribution in [1.82, 2.24) is 0 Å². The highest BCUT2D eigenvalue weighted by molar-refractivity contribution is 5.98. The fourth-order valence-electron chi connectivity index (χ4n) is 3.01. The van der Waals surface area contributed by atoms with E-state index >= 15 is 0 Å². The minimum atomic E-state index is -0.925. The lowest BCUT2D eigenvalue weighted by Crippen LogP contribution is -2.37. The van der Waals surface area contributed by atoms with E-state index in [2.05, 4.69) is 0 Å². The van der Waals surface area contributed by atoms with E-state index in [0.717, 1.165) is 16.8 Å². The molecule has 3 rings (SSSR count). The third kappa shape index (κ3) is 5.57. The van der Waals surface area contributed by atoms with E-state index in [0.29, 0.717) is 11.3 Å². The molecular weight excluding hydrogens is 394 g/mol. The van der Waals surface area contributed by atoms with Gasteiger partial charge in [-0.15, -0.1) is 0 Å². The minimum absolute atomic E-state index is 0.316. The molecule has 0 aliphatic heterocycles. The zero-order valence-electron chi connectivity index (χ0n) is 17.6. The number of esters is 2. The van der Waals surface area contributed by atoms with Gasteiger partial charge in [0.15, 0.2) is 6.10 Å². The summed E-state index contributed by atoms with van der Waals surface area (Å²) >= 11 is 0. The van der Waals surface area contributed by atoms with Crippen LogP contribution in [0, 0.1) is 0 Å². The normalized spacial score (nSPS) is 11.3. The predicted octanol–water partition coefficient (Wildman–Crippen LogP) is 4.49. The maximum atomic E-state index is 12.6. The number of nitrogens with zero attached hydrogens (tertiary/aromatic N) is 1. The Morgan fingerprint density at radius 1 is 0.806 bits per heavy atom. The molecule has 0 heterocycles. The van der Waals surface area contributed by atoms with E-state index in [-0.39, 0.29) is 11.9 Å². The quantitative estimate of drug-likeness (QED) is 0.437. The van der Waals surface area contributed by atoms with E-state index in [1.807, 2.05) is 42.5 Å². The van der Waals surface area contributed by atoms with E-state index < -0.39 is 12.1 Å². The van der Waals surface area contributed by atoms with E-state index in [9.17, 15) is 14.4 Å². The molecule has 0 bridgehead atoms. The van der Waals surface area contributed by atoms with Crippen LogP contribution >= 0.6 is 0 Å². The summed E-state index contributed by atoms with van der Waals surface area (Å²) in [6.45, 7) is 2.90. The van der Waals surface area contributed by atoms with Crippen LogP contribution in [0.1, 0.15) is 24.2 Å². The van der Waals surface area contributed by atoms with Gasteiger partial charge >= 0.3 is 11.9 Å². The van der Waals surface area contributed by atoms with Crippen molar-refractivity contribution in [2.75, 3.05) is 11.9 Å². The number of rotatable bonds is 6. The van der Waals surface area contributed by atoms with Crippen molar-refractivity contribution in [3.63, 3.8) is 0 Å². The van der Waals surface area contributed by atoms with Gasteiger partial charge in [0.1, 0.15) is 5.75 Å². The maximum absolute atomic E-state index is 12.6. The molecule has 0 aliphatic carbocycles. The molecule has 0 radical (unpaired) electrons. The van der Waals surface area contributed by atoms with Crippen molar-refractivity contribution >= 4 is 23.5 Å². The van der Waals surface area contributed by atoms with E-state index in [1.54, 1.807) is 50.4 Å². The fourth-order valence-corrected chi connectivity index (χ4v) is 3.01. The van der Waals surface area contributed by atoms with Crippen LogP contribution in [0.3, 0.4) is 0 Å². The summed E-state index contributed by atoms with van der Waals surface area (Å²) in [5.41, 5.74) is 2.87. The summed E-state index contributed by atoms with van der Waals surface area (Å²) in [6, 6.07) is 23.1. The first-order valence-electron chi connectivity index (χ1n) is 9.77. The van der Waals surface area contributed by atoms with Crippen LogP contribution in [0.15, 0.2) is 78.9 Å². The SMILES string of the molecule is CC(=O)Oc1ccc(-c2ccc(C(=O)O[C@H](C)C(=O)N(C)c3ccccc3)cc2)cc1. The zero-order chi connectivity index (χ0) is 22.4. The van der Waals surface area contributed by atoms with Gasteiger partial charge in [0.2, 0.25) is 0 Å². The summed E-state index contributed by atoms with van der Waals surface area (Å²) in [6.07, 6.45) is -0.925. The van der Waals surface area contributed by atoms with Gasteiger partial charge in [-0.05, 0) is 54.4 Å². The van der Waals surface area contributed by atoms with Crippen LogP contribution in [0.5, 0.6) is 5.75 Å². The average Bonchev–Trinajstić information content (AvgIpc) is 2.79. The molecule has 6 heteroatoms. The molecule has 0 saturated heterocycles. The highest BCUT2D eigenvalue weighted by Crippen LogP contribution is 2.23. The Labute approximate surface area is 181 Å². The molecule has 1 atom stereocenters. The molecule has 3 aromatic rings. The molecule has 0 fully saturated rings. The van der Waals surface area contributed by atoms with Gasteiger partial charge in [-0.2, -0.15) is 0 Å². The monoisotopic (exact) mass is 417 g/mol. The van der Waals surface area contributed by atoms with E-state index in [4.69, 9.17) is 9.47 Å². The van der Waals surface area contributed by atoms with Crippen molar-refractivity contribution in [1.29, 1.82) is 0 Å². The molecule has 0 spiro atoms. The average molecular weight is 417 g/mol. The number of carbonyl (C=O) groups is 3. The summed E-state index contributed by atoms with van der Waals surface area (Å²) in [4.78, 5) is 37.5. The number of carbonyl (C=O) groups excluding carboxylic acids is 3. The van der Waals surface area contributed by atoms with Crippen LogP contribution < -0.4 is 9.64 Å². The van der Waals surface area contributed by atoms with Crippen molar-refractivity contribution in [3.05, 3.63) is 84.4 Å². The summed E-state index contributed by atoms with van der Waals surface area (Å²) < 4.78 is 10.4. The Kier molecular flexibility index (Phi) is 6.82. The summed E-state index contributed by atoms with van der Waals surface area (Å²) in [5.74, 6) is -0.794. The number of hydrogen-bond acceptors (Lipinski definition) is 5. The van der Waals surface area contributed by atoms with Gasteiger partial charge in [-0.3, -0.25) is 9.59 Å². The first kappa shape index (κ1) is 21.8. The third-order valence-electron chi connectivity index (χ3n) is 4.68. The van der Waals surface area contributed by atoms with Gasteiger partial charge in [0.05, 0.1) is 5.56 Å². The lowest BCUT2D eigenvalue weighted by atomic mass is 10.0. The number of anilines is 1. The first-order chi connectivity index (χ1) is 14.8. The van der Waals surface area contributed by atoms with Crippen LogP contribution in [-0.4, -0.2) is 31.0 Å². The second kappa shape index (κ2) is 9.71. The molecule has 158 valence electrons. The number of benzene rings is 3. The van der Waals surface area contributed by atoms with Gasteiger partial charge in [-0.1, -0.05) is 42.5 Å². The second-order valence-corrected chi connectivity index (χ2v) is 6.98. The predicted molar refractivity (Wildman–Crippen MR) is 118 cm³/mol. The van der Waals surface area contributed by atoms with E-state index in [1.165, 1.54) is 11.8 Å². The Bertz CT molecular complexity index is 1060. The third-order valence-corrected chi connectivity index (χ3v) is 4.68. The van der Waals surface area contributed by atoms with Crippen molar-refractivity contribution in [2.45, 2.75) is 20.0 Å². The van der Waals surface area contributed by atoms with Gasteiger partial charge in [0.25, 0.3) is 5.91 Å². The van der Waals surface area contributed by atoms with Gasteiger partial charge < -0.3 is 14.4 Å². The summed E-state index contributed by atoms with van der Waals surface area (Å²) in [5, 5.41) is 0. The van der Waals surface area contributed by atoms with Crippen LogP contribution in [0.2, 0.25) is 0 Å². The van der Waals surface area contributed by atoms with Crippen molar-refractivity contribution in [3.8, 4) is 16.9 Å². The Morgan fingerprint density at radius 2 is 1.35 bits per heavy atom. The van der Waals surface area contributed by atoms with Crippen molar-refractivity contribution < 1.29 is 23.9 Å². The van der Waals surface area contributed by atoms with Crippen LogP contribution in [0.25, 0.3) is 11.1 Å². The number of ether oxygens (including phenoxy) is 2. The number of para-hydroxylation sites is 1. The number of amides is 1.